The Morgan fingerprint density at radius 1 is 1.32 bits per heavy atom. The van der Waals surface area contributed by atoms with Crippen molar-refractivity contribution in [2.75, 3.05) is 6.61 Å². The number of benzene rings is 1. The van der Waals surface area contributed by atoms with Crippen molar-refractivity contribution in [3.8, 4) is 6.07 Å². The second-order valence-corrected chi connectivity index (χ2v) is 5.64. The van der Waals surface area contributed by atoms with Gasteiger partial charge in [0.05, 0.1) is 11.6 Å². The molecule has 0 radical (unpaired) electrons. The number of nitriles is 1. The van der Waals surface area contributed by atoms with Crippen LogP contribution in [0.25, 0.3) is 0 Å². The molecule has 1 aromatic carbocycles. The van der Waals surface area contributed by atoms with Crippen molar-refractivity contribution >= 4 is 11.9 Å². The lowest BCUT2D eigenvalue weighted by atomic mass is 9.90. The van der Waals surface area contributed by atoms with Gasteiger partial charge in [0.2, 0.25) is 0 Å². The number of hydrogen-bond donors (Lipinski definition) is 1. The summed E-state index contributed by atoms with van der Waals surface area (Å²) in [5, 5.41) is 11.7. The van der Waals surface area contributed by atoms with Crippen LogP contribution in [0.4, 0.5) is 0 Å². The van der Waals surface area contributed by atoms with E-state index in [0.29, 0.717) is 5.56 Å². The Hall–Kier alpha value is -2.35. The quantitative estimate of drug-likeness (QED) is 0.819. The smallest absolute Gasteiger partial charge is 0.338 e. The standard InChI is InChI=1S/C17H22N2O3/c1-5-13-6-8-14(9-7-13)16(21)22-10-15(20)19-17(4,11-18)12(2)3/h6-9,12H,5,10H2,1-4H3,(H,19,20)/t17-/m0/s1. The summed E-state index contributed by atoms with van der Waals surface area (Å²) in [5.74, 6) is -1.10. The van der Waals surface area contributed by atoms with Crippen LogP contribution in [0.1, 0.15) is 43.6 Å². The summed E-state index contributed by atoms with van der Waals surface area (Å²) in [5.41, 5.74) is 0.541. The Morgan fingerprint density at radius 3 is 2.36 bits per heavy atom. The number of hydrogen-bond acceptors (Lipinski definition) is 4. The van der Waals surface area contributed by atoms with Gasteiger partial charge in [0, 0.05) is 0 Å². The van der Waals surface area contributed by atoms with E-state index in [0.717, 1.165) is 12.0 Å². The van der Waals surface area contributed by atoms with E-state index in [1.54, 1.807) is 19.1 Å². The highest BCUT2D eigenvalue weighted by molar-refractivity contribution is 5.91. The Kier molecular flexibility index (Phi) is 6.11. The van der Waals surface area contributed by atoms with Crippen LogP contribution in [0.2, 0.25) is 0 Å². The largest absolute Gasteiger partial charge is 0.452 e. The fourth-order valence-corrected chi connectivity index (χ4v) is 1.72. The summed E-state index contributed by atoms with van der Waals surface area (Å²) in [6.45, 7) is 6.94. The van der Waals surface area contributed by atoms with E-state index in [1.165, 1.54) is 0 Å². The molecule has 118 valence electrons. The van der Waals surface area contributed by atoms with Crippen LogP contribution in [0.15, 0.2) is 24.3 Å². The summed E-state index contributed by atoms with van der Waals surface area (Å²) in [7, 11) is 0. The third-order valence-corrected chi connectivity index (χ3v) is 3.72. The average Bonchev–Trinajstić information content (AvgIpc) is 2.52. The van der Waals surface area contributed by atoms with Gasteiger partial charge in [-0.15, -0.1) is 0 Å². The number of rotatable bonds is 6. The minimum Gasteiger partial charge on any atom is -0.452 e. The minimum atomic E-state index is -0.980. The van der Waals surface area contributed by atoms with E-state index in [2.05, 4.69) is 11.4 Å². The molecule has 1 aromatic rings. The summed E-state index contributed by atoms with van der Waals surface area (Å²) in [4.78, 5) is 23.7. The maximum Gasteiger partial charge on any atom is 0.338 e. The third kappa shape index (κ3) is 4.59. The topological polar surface area (TPSA) is 79.2 Å². The van der Waals surface area contributed by atoms with Gasteiger partial charge in [-0.2, -0.15) is 5.26 Å². The first-order valence-corrected chi connectivity index (χ1v) is 7.30. The van der Waals surface area contributed by atoms with Crippen molar-refractivity contribution in [2.24, 2.45) is 5.92 Å². The second-order valence-electron chi connectivity index (χ2n) is 5.64. The van der Waals surface area contributed by atoms with Crippen LogP contribution in [-0.2, 0) is 16.0 Å². The van der Waals surface area contributed by atoms with Gasteiger partial charge in [-0.3, -0.25) is 4.79 Å². The molecular formula is C17H22N2O3. The number of carbonyl (C=O) groups is 2. The summed E-state index contributed by atoms with van der Waals surface area (Å²) in [6, 6.07) is 9.11. The summed E-state index contributed by atoms with van der Waals surface area (Å²) in [6.07, 6.45) is 0.889. The van der Waals surface area contributed by atoms with Crippen LogP contribution < -0.4 is 5.32 Å². The first-order valence-electron chi connectivity index (χ1n) is 7.30. The van der Waals surface area contributed by atoms with Gasteiger partial charge in [-0.05, 0) is 37.0 Å². The first-order chi connectivity index (χ1) is 10.3. The maximum absolute atomic E-state index is 11.9. The van der Waals surface area contributed by atoms with Crippen LogP contribution in [0, 0.1) is 17.2 Å². The van der Waals surface area contributed by atoms with Gasteiger partial charge in [0.25, 0.3) is 5.91 Å². The summed E-state index contributed by atoms with van der Waals surface area (Å²) < 4.78 is 4.97. The molecule has 0 aliphatic heterocycles. The molecule has 1 amide bonds. The molecule has 22 heavy (non-hydrogen) atoms. The van der Waals surface area contributed by atoms with Crippen LogP contribution in [0.5, 0.6) is 0 Å². The predicted molar refractivity (Wildman–Crippen MR) is 83.1 cm³/mol. The number of carbonyl (C=O) groups excluding carboxylic acids is 2. The number of ether oxygens (including phenoxy) is 1. The molecule has 0 saturated heterocycles. The van der Waals surface area contributed by atoms with Gasteiger partial charge in [-0.25, -0.2) is 4.79 Å². The van der Waals surface area contributed by atoms with Crippen molar-refractivity contribution < 1.29 is 14.3 Å². The van der Waals surface area contributed by atoms with Gasteiger partial charge >= 0.3 is 5.97 Å². The molecule has 0 aliphatic rings. The lowest BCUT2D eigenvalue weighted by molar-refractivity contribution is -0.125. The highest BCUT2D eigenvalue weighted by Gasteiger charge is 2.30. The molecular weight excluding hydrogens is 280 g/mol. The minimum absolute atomic E-state index is 0.0567. The molecule has 5 heteroatoms. The predicted octanol–water partition coefficient (Wildman–Crippen LogP) is 2.46. The number of nitrogens with one attached hydrogen (secondary N) is 1. The highest BCUT2D eigenvalue weighted by Crippen LogP contribution is 2.15. The van der Waals surface area contributed by atoms with Crippen molar-refractivity contribution in [2.45, 2.75) is 39.7 Å². The monoisotopic (exact) mass is 302 g/mol. The van der Waals surface area contributed by atoms with Crippen molar-refractivity contribution in [3.63, 3.8) is 0 Å². The SMILES string of the molecule is CCc1ccc(C(=O)OCC(=O)N[C@@](C)(C#N)C(C)C)cc1. The Balaban J connectivity index is 2.56. The van der Waals surface area contributed by atoms with E-state index in [1.807, 2.05) is 32.9 Å². The molecule has 5 nitrogen and oxygen atoms in total. The third-order valence-electron chi connectivity index (χ3n) is 3.72. The van der Waals surface area contributed by atoms with Gasteiger partial charge in [-0.1, -0.05) is 32.9 Å². The van der Waals surface area contributed by atoms with E-state index >= 15 is 0 Å². The fourth-order valence-electron chi connectivity index (χ4n) is 1.72. The molecule has 0 spiro atoms. The number of aryl methyl sites for hydroxylation is 1. The second kappa shape index (κ2) is 7.60. The van der Waals surface area contributed by atoms with Crippen molar-refractivity contribution in [3.05, 3.63) is 35.4 Å². The Morgan fingerprint density at radius 2 is 1.91 bits per heavy atom. The number of amides is 1. The molecule has 0 unspecified atom stereocenters. The average molecular weight is 302 g/mol. The van der Waals surface area contributed by atoms with E-state index in [-0.39, 0.29) is 5.92 Å². The maximum atomic E-state index is 11.9. The molecule has 0 bridgehead atoms. The van der Waals surface area contributed by atoms with Gasteiger partial charge < -0.3 is 10.1 Å². The number of esters is 1. The lowest BCUT2D eigenvalue weighted by Crippen LogP contribution is -2.50. The normalized spacial score (nSPS) is 13.1. The van der Waals surface area contributed by atoms with E-state index in [9.17, 15) is 9.59 Å². The highest BCUT2D eigenvalue weighted by atomic mass is 16.5. The molecule has 1 atom stereocenters. The van der Waals surface area contributed by atoms with E-state index in [4.69, 9.17) is 10.00 Å². The summed E-state index contributed by atoms with van der Waals surface area (Å²) >= 11 is 0. The Bertz CT molecular complexity index is 573. The Labute approximate surface area is 131 Å². The van der Waals surface area contributed by atoms with Crippen LogP contribution >= 0.6 is 0 Å². The zero-order chi connectivity index (χ0) is 16.8. The van der Waals surface area contributed by atoms with E-state index < -0.39 is 24.0 Å². The first kappa shape index (κ1) is 17.7. The van der Waals surface area contributed by atoms with Gasteiger partial charge in [0.1, 0.15) is 5.54 Å². The van der Waals surface area contributed by atoms with Gasteiger partial charge in [0.15, 0.2) is 6.61 Å². The zero-order valence-corrected chi connectivity index (χ0v) is 13.5. The van der Waals surface area contributed by atoms with Crippen LogP contribution in [0.3, 0.4) is 0 Å². The lowest BCUT2D eigenvalue weighted by Gasteiger charge is -2.27. The van der Waals surface area contributed by atoms with Crippen molar-refractivity contribution in [1.82, 2.24) is 5.32 Å². The molecule has 1 N–H and O–H groups in total. The van der Waals surface area contributed by atoms with Crippen molar-refractivity contribution in [1.29, 1.82) is 5.26 Å². The molecule has 0 aromatic heterocycles. The molecule has 0 saturated carbocycles. The number of nitrogens with zero attached hydrogens (tertiary/aromatic N) is 1. The van der Waals surface area contributed by atoms with Crippen LogP contribution in [-0.4, -0.2) is 24.0 Å². The zero-order valence-electron chi connectivity index (χ0n) is 13.5. The fraction of sp³-hybridized carbons (Fsp3) is 0.471. The molecule has 0 fully saturated rings. The molecule has 0 heterocycles. The molecule has 0 aliphatic carbocycles. The molecule has 1 rings (SSSR count).